The Balaban J connectivity index is 1.67. The number of hydrogen-bond donors (Lipinski definition) is 2. The quantitative estimate of drug-likeness (QED) is 0.669. The van der Waals surface area contributed by atoms with Gasteiger partial charge in [-0.1, -0.05) is 13.0 Å². The maximum atomic E-state index is 17.1. The Labute approximate surface area is 185 Å². The first kappa shape index (κ1) is 22.3. The summed E-state index contributed by atoms with van der Waals surface area (Å²) in [5.41, 5.74) is -6.23. The highest BCUT2D eigenvalue weighted by atomic mass is 19.1. The molecule has 0 aromatic heterocycles. The van der Waals surface area contributed by atoms with Crippen LogP contribution >= 0.6 is 0 Å². The fourth-order valence-corrected chi connectivity index (χ4v) is 7.89. The molecule has 0 bridgehead atoms. The second-order valence-corrected chi connectivity index (χ2v) is 11.0. The summed E-state index contributed by atoms with van der Waals surface area (Å²) in [5, 5.41) is 21.1. The van der Waals surface area contributed by atoms with E-state index in [2.05, 4.69) is 0 Å². The number of rotatable bonds is 2. The number of ketones is 2. The number of allylic oxidation sites excluding steroid dienone is 4. The van der Waals surface area contributed by atoms with Crippen LogP contribution in [0.1, 0.15) is 53.4 Å². The van der Waals surface area contributed by atoms with Crippen molar-refractivity contribution in [3.8, 4) is 0 Å². The van der Waals surface area contributed by atoms with Gasteiger partial charge in [-0.2, -0.15) is 0 Å². The van der Waals surface area contributed by atoms with Crippen molar-refractivity contribution in [2.45, 2.75) is 82.6 Å². The first-order valence-electron chi connectivity index (χ1n) is 11.3. The van der Waals surface area contributed by atoms with Gasteiger partial charge in [-0.05, 0) is 51.2 Å². The molecule has 1 saturated heterocycles. The normalized spacial score (nSPS) is 51.2. The number of hydrogen-bond acceptors (Lipinski definition) is 6. The minimum absolute atomic E-state index is 0.0966. The Hall–Kier alpha value is -1.48. The molecule has 32 heavy (non-hydrogen) atoms. The van der Waals surface area contributed by atoms with Crippen LogP contribution in [0.4, 0.5) is 8.78 Å². The predicted octanol–water partition coefficient (Wildman–Crippen LogP) is 2.72. The van der Waals surface area contributed by atoms with Crippen LogP contribution in [0.3, 0.4) is 0 Å². The Morgan fingerprint density at radius 2 is 1.94 bits per heavy atom. The molecule has 176 valence electrons. The molecule has 0 unspecified atom stereocenters. The van der Waals surface area contributed by atoms with Crippen LogP contribution in [0.15, 0.2) is 23.6 Å². The highest BCUT2D eigenvalue weighted by Crippen LogP contribution is 2.72. The first-order chi connectivity index (χ1) is 14.8. The number of fused-ring (bicyclic) bond motifs is 7. The third-order valence-electron chi connectivity index (χ3n) is 9.21. The van der Waals surface area contributed by atoms with Gasteiger partial charge >= 0.3 is 0 Å². The molecule has 5 aliphatic rings. The average Bonchev–Trinajstić information content (AvgIpc) is 3.11. The summed E-state index contributed by atoms with van der Waals surface area (Å²) in [6.45, 7) is 5.88. The Kier molecular flexibility index (Phi) is 4.42. The number of carbonyl (C=O) groups excluding carboxylic acids is 2. The molecule has 3 fully saturated rings. The molecule has 1 aliphatic heterocycles. The smallest absolute Gasteiger partial charge is 0.193 e. The lowest BCUT2D eigenvalue weighted by atomic mass is 9.45. The summed E-state index contributed by atoms with van der Waals surface area (Å²) in [7, 11) is 0. The van der Waals surface area contributed by atoms with Crippen LogP contribution in [0.2, 0.25) is 0 Å². The molecule has 1 heterocycles. The molecule has 4 aliphatic carbocycles. The molecular weight excluding hydrogens is 422 g/mol. The monoisotopic (exact) mass is 452 g/mol. The second-order valence-electron chi connectivity index (χ2n) is 11.0. The maximum absolute atomic E-state index is 17.1. The Morgan fingerprint density at radius 3 is 2.59 bits per heavy atom. The minimum atomic E-state index is -2.23. The topological polar surface area (TPSA) is 93.1 Å². The van der Waals surface area contributed by atoms with Crippen LogP contribution < -0.4 is 0 Å². The summed E-state index contributed by atoms with van der Waals surface area (Å²) >= 11 is 0. The van der Waals surface area contributed by atoms with Crippen LogP contribution in [0, 0.1) is 22.7 Å². The highest BCUT2D eigenvalue weighted by molar-refractivity contribution is 5.94. The predicted molar refractivity (Wildman–Crippen MR) is 109 cm³/mol. The highest BCUT2D eigenvalue weighted by Gasteiger charge is 2.80. The number of aliphatic hydroxyl groups is 2. The molecule has 6 nitrogen and oxygen atoms in total. The van der Waals surface area contributed by atoms with E-state index in [1.165, 1.54) is 12.2 Å². The van der Waals surface area contributed by atoms with Crippen molar-refractivity contribution in [3.05, 3.63) is 23.6 Å². The fourth-order valence-electron chi connectivity index (χ4n) is 7.89. The van der Waals surface area contributed by atoms with E-state index in [1.54, 1.807) is 27.7 Å². The summed E-state index contributed by atoms with van der Waals surface area (Å²) in [5.74, 6) is -3.98. The van der Waals surface area contributed by atoms with Crippen molar-refractivity contribution in [1.82, 2.24) is 0 Å². The van der Waals surface area contributed by atoms with Crippen molar-refractivity contribution >= 4 is 11.6 Å². The van der Waals surface area contributed by atoms with Gasteiger partial charge in [-0.25, -0.2) is 8.78 Å². The summed E-state index contributed by atoms with van der Waals surface area (Å²) in [4.78, 5) is 25.1. The van der Waals surface area contributed by atoms with Crippen molar-refractivity contribution < 1.29 is 38.1 Å². The number of Topliss-reactive ketones (excluding diaryl/α,β-unsaturated/α-hetero) is 1. The number of alkyl halides is 1. The van der Waals surface area contributed by atoms with Gasteiger partial charge in [0, 0.05) is 29.6 Å². The van der Waals surface area contributed by atoms with E-state index in [1.807, 2.05) is 0 Å². The van der Waals surface area contributed by atoms with E-state index < -0.39 is 70.1 Å². The Bertz CT molecular complexity index is 974. The zero-order valence-corrected chi connectivity index (χ0v) is 18.8. The SMILES string of the molecule is CC1(C)O[C@@H]2C[C@H]3[C@@H]4CC(F)=C5CC(=O)C=C[C@]5(C)[C@@]4(F)[C@@H](O)C[C@]3(C)[C@]2(C(=O)CO)O1. The Morgan fingerprint density at radius 1 is 1.25 bits per heavy atom. The number of aliphatic hydroxyl groups excluding tert-OH is 2. The van der Waals surface area contributed by atoms with Crippen molar-refractivity contribution in [2.75, 3.05) is 6.61 Å². The van der Waals surface area contributed by atoms with Gasteiger partial charge in [0.25, 0.3) is 0 Å². The van der Waals surface area contributed by atoms with Crippen molar-refractivity contribution in [3.63, 3.8) is 0 Å². The molecular formula is C24H30F2O6. The molecule has 5 rings (SSSR count). The standard InChI is InChI=1S/C24H30F2O6/c1-20(2)31-19-9-13-14-8-16(25)15-7-12(28)5-6-21(15,3)23(14,26)17(29)10-22(13,4)24(19,32-20)18(30)11-27/h5-6,13-14,17,19,27,29H,7-11H2,1-4H3/t13-,14-,17-,19+,21-,22-,23-,24+/m0/s1. The average molecular weight is 452 g/mol. The molecule has 0 aromatic carbocycles. The van der Waals surface area contributed by atoms with Gasteiger partial charge in [0.1, 0.15) is 12.4 Å². The molecule has 2 saturated carbocycles. The molecule has 2 N–H and O–H groups in total. The van der Waals surface area contributed by atoms with E-state index in [9.17, 15) is 19.8 Å². The minimum Gasteiger partial charge on any atom is -0.390 e. The largest absolute Gasteiger partial charge is 0.390 e. The lowest BCUT2D eigenvalue weighted by Gasteiger charge is -2.62. The number of carbonyl (C=O) groups is 2. The van der Waals surface area contributed by atoms with Gasteiger partial charge in [-0.3, -0.25) is 9.59 Å². The van der Waals surface area contributed by atoms with Crippen LogP contribution in [-0.4, -0.2) is 57.7 Å². The third kappa shape index (κ3) is 2.32. The van der Waals surface area contributed by atoms with Gasteiger partial charge < -0.3 is 19.7 Å². The summed E-state index contributed by atoms with van der Waals surface area (Å²) in [6.07, 6.45) is 0.0542. The van der Waals surface area contributed by atoms with E-state index >= 15 is 8.78 Å². The lowest BCUT2D eigenvalue weighted by Crippen LogP contribution is -2.69. The zero-order valence-electron chi connectivity index (χ0n) is 18.8. The first-order valence-corrected chi connectivity index (χ1v) is 11.3. The van der Waals surface area contributed by atoms with E-state index in [-0.39, 0.29) is 37.0 Å². The van der Waals surface area contributed by atoms with E-state index in [0.29, 0.717) is 0 Å². The number of halogens is 2. The van der Waals surface area contributed by atoms with Gasteiger partial charge in [0.05, 0.1) is 12.2 Å². The van der Waals surface area contributed by atoms with E-state index in [0.717, 1.165) is 0 Å². The second kappa shape index (κ2) is 6.34. The fraction of sp³-hybridized carbons (Fsp3) is 0.750. The van der Waals surface area contributed by atoms with Gasteiger partial charge in [0.15, 0.2) is 28.6 Å². The molecule has 8 heteroatoms. The summed E-state index contributed by atoms with van der Waals surface area (Å²) in [6, 6.07) is 0. The van der Waals surface area contributed by atoms with Gasteiger partial charge in [0.2, 0.25) is 0 Å². The lowest BCUT2D eigenvalue weighted by molar-refractivity contribution is -0.244. The van der Waals surface area contributed by atoms with E-state index in [4.69, 9.17) is 9.47 Å². The van der Waals surface area contributed by atoms with Crippen molar-refractivity contribution in [2.24, 2.45) is 22.7 Å². The van der Waals surface area contributed by atoms with Crippen LogP contribution in [-0.2, 0) is 19.1 Å². The maximum Gasteiger partial charge on any atom is 0.193 e. The molecule has 0 amide bonds. The van der Waals surface area contributed by atoms with Crippen LogP contribution in [0.5, 0.6) is 0 Å². The van der Waals surface area contributed by atoms with Gasteiger partial charge in [-0.15, -0.1) is 0 Å². The third-order valence-corrected chi connectivity index (χ3v) is 9.21. The summed E-state index contributed by atoms with van der Waals surface area (Å²) < 4.78 is 44.8. The zero-order chi connectivity index (χ0) is 23.5. The molecule has 0 spiro atoms. The molecule has 0 aromatic rings. The molecule has 8 atom stereocenters. The molecule has 0 radical (unpaired) electrons. The number of ether oxygens (including phenoxy) is 2. The van der Waals surface area contributed by atoms with Crippen molar-refractivity contribution in [1.29, 1.82) is 0 Å². The van der Waals surface area contributed by atoms with Crippen LogP contribution in [0.25, 0.3) is 0 Å².